The minimum absolute atomic E-state index is 0.0864. The summed E-state index contributed by atoms with van der Waals surface area (Å²) in [5.74, 6) is -1.05. The number of carbonyl (C=O) groups excluding carboxylic acids is 3. The standard InChI is InChI=1S/C14H14N4O3S/c1-7-3-2-4-8(5-7)12(20)17-10-6-9(11(15)19)13(22-10)18-14(16)21/h2-6H,1H3,(H2,15,19)(H,17,20)(H3,16,18,21). The third-order valence-corrected chi connectivity index (χ3v) is 3.72. The highest BCUT2D eigenvalue weighted by molar-refractivity contribution is 7.20. The molecule has 0 bridgehead atoms. The summed E-state index contributed by atoms with van der Waals surface area (Å²) in [6.45, 7) is 1.88. The van der Waals surface area contributed by atoms with Gasteiger partial charge in [0.2, 0.25) is 0 Å². The minimum Gasteiger partial charge on any atom is -0.366 e. The molecule has 4 amide bonds. The summed E-state index contributed by atoms with van der Waals surface area (Å²) in [6, 6.07) is 7.64. The highest BCUT2D eigenvalue weighted by Gasteiger charge is 2.16. The lowest BCUT2D eigenvalue weighted by molar-refractivity contribution is 0.0997. The summed E-state index contributed by atoms with van der Waals surface area (Å²) in [4.78, 5) is 34.4. The molecule has 0 atom stereocenters. The molecule has 0 aliphatic rings. The number of carbonyl (C=O) groups is 3. The van der Waals surface area contributed by atoms with Gasteiger partial charge in [-0.3, -0.25) is 14.9 Å². The Kier molecular flexibility index (Phi) is 4.42. The molecule has 0 saturated carbocycles. The van der Waals surface area contributed by atoms with Gasteiger partial charge in [0.1, 0.15) is 5.00 Å². The summed E-state index contributed by atoms with van der Waals surface area (Å²) in [5, 5.41) is 5.53. The zero-order chi connectivity index (χ0) is 16.3. The molecule has 2 aromatic rings. The van der Waals surface area contributed by atoms with Gasteiger partial charge < -0.3 is 16.8 Å². The van der Waals surface area contributed by atoms with E-state index >= 15 is 0 Å². The molecule has 7 nitrogen and oxygen atoms in total. The number of thiophene rings is 1. The van der Waals surface area contributed by atoms with Gasteiger partial charge in [-0.15, -0.1) is 0 Å². The number of aryl methyl sites for hydroxylation is 1. The van der Waals surface area contributed by atoms with Crippen LogP contribution in [-0.2, 0) is 0 Å². The van der Waals surface area contributed by atoms with Crippen molar-refractivity contribution in [2.24, 2.45) is 11.5 Å². The number of anilines is 2. The van der Waals surface area contributed by atoms with E-state index in [4.69, 9.17) is 11.5 Å². The van der Waals surface area contributed by atoms with Crippen LogP contribution in [0.5, 0.6) is 0 Å². The van der Waals surface area contributed by atoms with Crippen molar-refractivity contribution in [3.05, 3.63) is 47.0 Å². The summed E-state index contributed by atoms with van der Waals surface area (Å²) in [6.07, 6.45) is 0. The van der Waals surface area contributed by atoms with Crippen molar-refractivity contribution in [1.82, 2.24) is 0 Å². The van der Waals surface area contributed by atoms with Crippen LogP contribution in [0.3, 0.4) is 0 Å². The Morgan fingerprint density at radius 3 is 2.41 bits per heavy atom. The molecule has 22 heavy (non-hydrogen) atoms. The van der Waals surface area contributed by atoms with Crippen molar-refractivity contribution in [3.63, 3.8) is 0 Å². The van der Waals surface area contributed by atoms with Gasteiger partial charge in [-0.05, 0) is 25.1 Å². The first-order chi connectivity index (χ1) is 10.4. The van der Waals surface area contributed by atoms with E-state index in [9.17, 15) is 14.4 Å². The molecule has 114 valence electrons. The molecule has 1 heterocycles. The molecule has 0 unspecified atom stereocenters. The summed E-state index contributed by atoms with van der Waals surface area (Å²) >= 11 is 0.999. The van der Waals surface area contributed by atoms with Gasteiger partial charge in [0.05, 0.1) is 10.6 Å². The Morgan fingerprint density at radius 2 is 1.82 bits per heavy atom. The molecule has 2 rings (SSSR count). The maximum atomic E-state index is 12.1. The summed E-state index contributed by atoms with van der Waals surface area (Å²) in [7, 11) is 0. The minimum atomic E-state index is -0.819. The molecular weight excluding hydrogens is 304 g/mol. The molecule has 0 fully saturated rings. The van der Waals surface area contributed by atoms with Crippen LogP contribution in [0.15, 0.2) is 30.3 Å². The number of nitrogens with two attached hydrogens (primary N) is 2. The van der Waals surface area contributed by atoms with E-state index in [0.29, 0.717) is 10.6 Å². The monoisotopic (exact) mass is 318 g/mol. The molecule has 8 heteroatoms. The average Bonchev–Trinajstić information content (AvgIpc) is 2.80. The van der Waals surface area contributed by atoms with Crippen LogP contribution in [0.1, 0.15) is 26.3 Å². The topological polar surface area (TPSA) is 127 Å². The number of benzene rings is 1. The van der Waals surface area contributed by atoms with Crippen LogP contribution in [0.4, 0.5) is 14.8 Å². The molecule has 0 saturated heterocycles. The normalized spacial score (nSPS) is 10.0. The molecule has 1 aromatic carbocycles. The zero-order valence-electron chi connectivity index (χ0n) is 11.7. The van der Waals surface area contributed by atoms with E-state index in [0.717, 1.165) is 16.9 Å². The highest BCUT2D eigenvalue weighted by atomic mass is 32.1. The van der Waals surface area contributed by atoms with Crippen molar-refractivity contribution in [2.45, 2.75) is 6.92 Å². The Morgan fingerprint density at radius 1 is 1.09 bits per heavy atom. The number of primary amides is 2. The molecule has 1 aromatic heterocycles. The first-order valence-corrected chi connectivity index (χ1v) is 7.06. The molecule has 6 N–H and O–H groups in total. The SMILES string of the molecule is Cc1cccc(C(=O)Nc2cc(C(N)=O)c(NC(N)=O)s2)c1. The van der Waals surface area contributed by atoms with Crippen LogP contribution in [-0.4, -0.2) is 17.8 Å². The number of amides is 4. The molecule has 0 aliphatic heterocycles. The Bertz CT molecular complexity index is 754. The molecule has 0 spiro atoms. The lowest BCUT2D eigenvalue weighted by Gasteiger charge is -2.03. The number of urea groups is 1. The van der Waals surface area contributed by atoms with Crippen LogP contribution in [0, 0.1) is 6.92 Å². The van der Waals surface area contributed by atoms with E-state index in [1.807, 2.05) is 13.0 Å². The lowest BCUT2D eigenvalue weighted by Crippen LogP contribution is -2.21. The predicted molar refractivity (Wildman–Crippen MR) is 85.2 cm³/mol. The lowest BCUT2D eigenvalue weighted by atomic mass is 10.1. The van der Waals surface area contributed by atoms with Gasteiger partial charge in [-0.1, -0.05) is 29.0 Å². The van der Waals surface area contributed by atoms with Gasteiger partial charge >= 0.3 is 6.03 Å². The van der Waals surface area contributed by atoms with Crippen LogP contribution in [0.25, 0.3) is 0 Å². The van der Waals surface area contributed by atoms with Crippen LogP contribution in [0.2, 0.25) is 0 Å². The fourth-order valence-corrected chi connectivity index (χ4v) is 2.77. The van der Waals surface area contributed by atoms with Crippen LogP contribution < -0.4 is 22.1 Å². The number of hydrogen-bond donors (Lipinski definition) is 4. The maximum absolute atomic E-state index is 12.1. The van der Waals surface area contributed by atoms with Gasteiger partial charge in [-0.2, -0.15) is 0 Å². The first kappa shape index (κ1) is 15.5. The Hall–Kier alpha value is -2.87. The third kappa shape index (κ3) is 3.61. The van der Waals surface area contributed by atoms with Crippen molar-refractivity contribution < 1.29 is 14.4 Å². The van der Waals surface area contributed by atoms with Crippen molar-refractivity contribution in [1.29, 1.82) is 0 Å². The van der Waals surface area contributed by atoms with Crippen LogP contribution >= 0.6 is 11.3 Å². The van der Waals surface area contributed by atoms with Gasteiger partial charge in [0.25, 0.3) is 11.8 Å². The van der Waals surface area contributed by atoms with Crippen molar-refractivity contribution in [2.75, 3.05) is 10.6 Å². The number of hydrogen-bond acceptors (Lipinski definition) is 4. The summed E-state index contributed by atoms with van der Waals surface area (Å²) in [5.41, 5.74) is 11.8. The molecule has 0 aliphatic carbocycles. The molecule has 0 radical (unpaired) electrons. The summed E-state index contributed by atoms with van der Waals surface area (Å²) < 4.78 is 0. The van der Waals surface area contributed by atoms with E-state index in [1.165, 1.54) is 6.07 Å². The van der Waals surface area contributed by atoms with Crippen molar-refractivity contribution >= 4 is 39.2 Å². The Balaban J connectivity index is 2.24. The van der Waals surface area contributed by atoms with Gasteiger partial charge in [0, 0.05) is 5.56 Å². The molecular formula is C14H14N4O3S. The third-order valence-electron chi connectivity index (χ3n) is 2.75. The van der Waals surface area contributed by atoms with E-state index in [1.54, 1.807) is 18.2 Å². The second kappa shape index (κ2) is 6.27. The van der Waals surface area contributed by atoms with Crippen molar-refractivity contribution in [3.8, 4) is 0 Å². The second-order valence-electron chi connectivity index (χ2n) is 4.53. The highest BCUT2D eigenvalue weighted by Crippen LogP contribution is 2.32. The second-order valence-corrected chi connectivity index (χ2v) is 5.58. The number of nitrogens with one attached hydrogen (secondary N) is 2. The fraction of sp³-hybridized carbons (Fsp3) is 0.0714. The number of rotatable bonds is 4. The van der Waals surface area contributed by atoms with Gasteiger partial charge in [0.15, 0.2) is 0 Å². The first-order valence-electron chi connectivity index (χ1n) is 6.25. The van der Waals surface area contributed by atoms with E-state index in [2.05, 4.69) is 10.6 Å². The average molecular weight is 318 g/mol. The Labute approximate surface area is 130 Å². The quantitative estimate of drug-likeness (QED) is 0.687. The predicted octanol–water partition coefficient (Wildman–Crippen LogP) is 1.90. The maximum Gasteiger partial charge on any atom is 0.317 e. The van der Waals surface area contributed by atoms with E-state index < -0.39 is 11.9 Å². The smallest absolute Gasteiger partial charge is 0.317 e. The zero-order valence-corrected chi connectivity index (χ0v) is 12.5. The largest absolute Gasteiger partial charge is 0.366 e. The van der Waals surface area contributed by atoms with Gasteiger partial charge in [-0.25, -0.2) is 4.79 Å². The van der Waals surface area contributed by atoms with E-state index in [-0.39, 0.29) is 16.5 Å². The fourth-order valence-electron chi connectivity index (χ4n) is 1.81.